The van der Waals surface area contributed by atoms with Crippen molar-refractivity contribution in [2.24, 2.45) is 0 Å². The van der Waals surface area contributed by atoms with Gasteiger partial charge in [0.2, 0.25) is 5.91 Å². The van der Waals surface area contributed by atoms with Crippen LogP contribution in [-0.4, -0.2) is 56.0 Å². The molecule has 0 spiro atoms. The lowest BCUT2D eigenvalue weighted by Gasteiger charge is -2.38. The Morgan fingerprint density at radius 1 is 1.07 bits per heavy atom. The molecule has 1 aliphatic rings. The van der Waals surface area contributed by atoms with Crippen molar-refractivity contribution in [3.05, 3.63) is 65.5 Å². The number of benzene rings is 2. The van der Waals surface area contributed by atoms with Crippen molar-refractivity contribution < 1.29 is 9.18 Å². The SMILES string of the molecule is CN(C)C(C(=O)N1CCN(c2ccc(C#N)cc2)CC1)c1ccccc1F. The number of hydrogen-bond acceptors (Lipinski definition) is 4. The maximum absolute atomic E-state index is 14.2. The van der Waals surface area contributed by atoms with Gasteiger partial charge in [0.15, 0.2) is 0 Å². The molecule has 1 atom stereocenters. The molecule has 1 fully saturated rings. The lowest BCUT2D eigenvalue weighted by Crippen LogP contribution is -2.51. The number of anilines is 1. The molecule has 0 saturated carbocycles. The van der Waals surface area contributed by atoms with E-state index in [0.717, 1.165) is 5.69 Å². The molecular weight excluding hydrogens is 343 g/mol. The number of halogens is 1. The summed E-state index contributed by atoms with van der Waals surface area (Å²) in [5.41, 5.74) is 2.08. The first-order valence-corrected chi connectivity index (χ1v) is 8.96. The molecule has 6 heteroatoms. The Labute approximate surface area is 159 Å². The summed E-state index contributed by atoms with van der Waals surface area (Å²) in [6.45, 7) is 2.57. The molecule has 5 nitrogen and oxygen atoms in total. The Hall–Kier alpha value is -2.91. The molecule has 3 rings (SSSR count). The van der Waals surface area contributed by atoms with E-state index in [1.165, 1.54) is 6.07 Å². The second kappa shape index (κ2) is 8.19. The standard InChI is InChI=1S/C21H23FN4O/c1-24(2)20(18-5-3-4-6-19(18)22)21(27)26-13-11-25(12-14-26)17-9-7-16(15-23)8-10-17/h3-10,20H,11-14H2,1-2H3. The molecule has 2 aromatic carbocycles. The van der Waals surface area contributed by atoms with E-state index >= 15 is 0 Å². The number of nitrogens with zero attached hydrogens (tertiary/aromatic N) is 4. The Balaban J connectivity index is 1.69. The normalized spacial score (nSPS) is 15.5. The van der Waals surface area contributed by atoms with Crippen molar-refractivity contribution in [2.75, 3.05) is 45.2 Å². The van der Waals surface area contributed by atoms with Gasteiger partial charge < -0.3 is 9.80 Å². The van der Waals surface area contributed by atoms with E-state index in [1.54, 1.807) is 54.2 Å². The predicted molar refractivity (Wildman–Crippen MR) is 103 cm³/mol. The summed E-state index contributed by atoms with van der Waals surface area (Å²) in [6, 6.07) is 15.4. The molecule has 140 valence electrons. The Morgan fingerprint density at radius 3 is 2.26 bits per heavy atom. The first-order valence-electron chi connectivity index (χ1n) is 8.96. The summed E-state index contributed by atoms with van der Waals surface area (Å²) in [7, 11) is 3.59. The van der Waals surface area contributed by atoms with E-state index in [0.29, 0.717) is 37.3 Å². The van der Waals surface area contributed by atoms with Crippen LogP contribution in [0.15, 0.2) is 48.5 Å². The van der Waals surface area contributed by atoms with Crippen molar-refractivity contribution in [3.8, 4) is 6.07 Å². The van der Waals surface area contributed by atoms with Gasteiger partial charge in [-0.1, -0.05) is 18.2 Å². The van der Waals surface area contributed by atoms with E-state index in [2.05, 4.69) is 11.0 Å². The highest BCUT2D eigenvalue weighted by molar-refractivity contribution is 5.83. The van der Waals surface area contributed by atoms with E-state index in [-0.39, 0.29) is 11.7 Å². The zero-order valence-corrected chi connectivity index (χ0v) is 15.6. The average Bonchev–Trinajstić information content (AvgIpc) is 2.69. The lowest BCUT2D eigenvalue weighted by molar-refractivity contribution is -0.136. The maximum Gasteiger partial charge on any atom is 0.244 e. The van der Waals surface area contributed by atoms with Crippen LogP contribution in [0.5, 0.6) is 0 Å². The molecule has 1 saturated heterocycles. The van der Waals surface area contributed by atoms with Crippen molar-refractivity contribution >= 4 is 11.6 Å². The van der Waals surface area contributed by atoms with Crippen LogP contribution in [-0.2, 0) is 4.79 Å². The molecule has 0 aliphatic carbocycles. The second-order valence-corrected chi connectivity index (χ2v) is 6.86. The van der Waals surface area contributed by atoms with Crippen LogP contribution < -0.4 is 4.90 Å². The van der Waals surface area contributed by atoms with Gasteiger partial charge in [0.05, 0.1) is 11.6 Å². The summed E-state index contributed by atoms with van der Waals surface area (Å²) < 4.78 is 14.2. The number of carbonyl (C=O) groups excluding carboxylic acids is 1. The molecule has 0 bridgehead atoms. The minimum atomic E-state index is -0.632. The van der Waals surface area contributed by atoms with Crippen LogP contribution in [0.1, 0.15) is 17.2 Å². The average molecular weight is 366 g/mol. The minimum Gasteiger partial charge on any atom is -0.368 e. The first-order chi connectivity index (χ1) is 13.0. The van der Waals surface area contributed by atoms with E-state index in [9.17, 15) is 9.18 Å². The van der Waals surface area contributed by atoms with Crippen LogP contribution in [0.4, 0.5) is 10.1 Å². The number of piperazine rings is 1. The number of nitriles is 1. The number of likely N-dealkylation sites (N-methyl/N-ethyl adjacent to an activating group) is 1. The van der Waals surface area contributed by atoms with Crippen LogP contribution in [0.25, 0.3) is 0 Å². The van der Waals surface area contributed by atoms with Gasteiger partial charge in [-0.15, -0.1) is 0 Å². The molecule has 1 amide bonds. The van der Waals surface area contributed by atoms with Crippen molar-refractivity contribution in [1.29, 1.82) is 5.26 Å². The molecule has 0 aromatic heterocycles. The van der Waals surface area contributed by atoms with E-state index in [4.69, 9.17) is 5.26 Å². The molecule has 2 aromatic rings. The van der Waals surface area contributed by atoms with E-state index < -0.39 is 6.04 Å². The van der Waals surface area contributed by atoms with Gasteiger partial charge in [0.1, 0.15) is 11.9 Å². The van der Waals surface area contributed by atoms with Gasteiger partial charge in [-0.3, -0.25) is 9.69 Å². The largest absolute Gasteiger partial charge is 0.368 e. The Kier molecular flexibility index (Phi) is 5.72. The molecule has 0 radical (unpaired) electrons. The quantitative estimate of drug-likeness (QED) is 0.835. The van der Waals surface area contributed by atoms with Crippen molar-refractivity contribution in [1.82, 2.24) is 9.80 Å². The van der Waals surface area contributed by atoms with Gasteiger partial charge >= 0.3 is 0 Å². The van der Waals surface area contributed by atoms with Crippen molar-refractivity contribution in [2.45, 2.75) is 6.04 Å². The van der Waals surface area contributed by atoms with E-state index in [1.807, 2.05) is 12.1 Å². The summed E-state index contributed by atoms with van der Waals surface area (Å²) in [5, 5.41) is 8.91. The van der Waals surface area contributed by atoms with Crippen LogP contribution in [0.3, 0.4) is 0 Å². The summed E-state index contributed by atoms with van der Waals surface area (Å²) in [4.78, 5) is 18.8. The topological polar surface area (TPSA) is 50.6 Å². The smallest absolute Gasteiger partial charge is 0.244 e. The monoisotopic (exact) mass is 366 g/mol. The number of rotatable bonds is 4. The van der Waals surface area contributed by atoms with Crippen LogP contribution >= 0.6 is 0 Å². The number of amides is 1. The third-order valence-corrected chi connectivity index (χ3v) is 4.90. The second-order valence-electron chi connectivity index (χ2n) is 6.86. The fourth-order valence-corrected chi connectivity index (χ4v) is 3.43. The third-order valence-electron chi connectivity index (χ3n) is 4.90. The van der Waals surface area contributed by atoms with Gasteiger partial charge in [-0.2, -0.15) is 5.26 Å². The highest BCUT2D eigenvalue weighted by Crippen LogP contribution is 2.25. The zero-order valence-electron chi connectivity index (χ0n) is 15.6. The summed E-state index contributed by atoms with van der Waals surface area (Å²) in [5.74, 6) is -0.439. The van der Waals surface area contributed by atoms with Crippen molar-refractivity contribution in [3.63, 3.8) is 0 Å². The molecule has 0 N–H and O–H groups in total. The molecule has 1 aliphatic heterocycles. The Bertz CT molecular complexity index is 836. The number of carbonyl (C=O) groups is 1. The van der Waals surface area contributed by atoms with Gasteiger partial charge in [0.25, 0.3) is 0 Å². The minimum absolute atomic E-state index is 0.0791. The lowest BCUT2D eigenvalue weighted by atomic mass is 10.0. The molecule has 1 heterocycles. The molecular formula is C21H23FN4O. The van der Waals surface area contributed by atoms with Crippen LogP contribution in [0.2, 0.25) is 0 Å². The van der Waals surface area contributed by atoms with Gasteiger partial charge in [-0.25, -0.2) is 4.39 Å². The number of hydrogen-bond donors (Lipinski definition) is 0. The highest BCUT2D eigenvalue weighted by atomic mass is 19.1. The highest BCUT2D eigenvalue weighted by Gasteiger charge is 2.31. The zero-order chi connectivity index (χ0) is 19.4. The van der Waals surface area contributed by atoms with Gasteiger partial charge in [-0.05, 0) is 44.4 Å². The van der Waals surface area contributed by atoms with Crippen LogP contribution in [0, 0.1) is 17.1 Å². The fraction of sp³-hybridized carbons (Fsp3) is 0.333. The Morgan fingerprint density at radius 2 is 1.70 bits per heavy atom. The first kappa shape index (κ1) is 18.9. The maximum atomic E-state index is 14.2. The molecule has 27 heavy (non-hydrogen) atoms. The predicted octanol–water partition coefficient (Wildman–Crippen LogP) is 2.65. The fourth-order valence-electron chi connectivity index (χ4n) is 3.43. The molecule has 1 unspecified atom stereocenters. The van der Waals surface area contributed by atoms with Gasteiger partial charge in [0, 0.05) is 37.4 Å². The summed E-state index contributed by atoms with van der Waals surface area (Å²) in [6.07, 6.45) is 0. The third kappa shape index (κ3) is 4.09. The summed E-state index contributed by atoms with van der Waals surface area (Å²) >= 11 is 0.